The van der Waals surface area contributed by atoms with Gasteiger partial charge in [0.15, 0.2) is 5.69 Å². The van der Waals surface area contributed by atoms with Crippen molar-refractivity contribution in [2.24, 2.45) is 0 Å². The number of nitrogens with zero attached hydrogens (tertiary/aromatic N) is 2. The van der Waals surface area contributed by atoms with Gasteiger partial charge >= 0.3 is 5.97 Å². The Bertz CT molecular complexity index is 508. The fourth-order valence-electron chi connectivity index (χ4n) is 1.40. The Morgan fingerprint density at radius 1 is 1.38 bits per heavy atom. The lowest BCUT2D eigenvalue weighted by molar-refractivity contribution is 0.0691. The first-order valence-corrected chi connectivity index (χ1v) is 5.04. The smallest absolute Gasteiger partial charge is 0.357 e. The molecular weight excluding hydrogens is 228 g/mol. The molecule has 1 heterocycles. The molecule has 0 aliphatic rings. The molecule has 1 aromatic heterocycles. The number of carboxylic acid groups (broad SMARTS) is 1. The zero-order chi connectivity index (χ0) is 11.5. The molecule has 4 nitrogen and oxygen atoms in total. The second-order valence-electron chi connectivity index (χ2n) is 3.30. The molecule has 2 aromatic rings. The molecule has 0 amide bonds. The van der Waals surface area contributed by atoms with Crippen LogP contribution in [0.4, 0.5) is 0 Å². The molecule has 5 heteroatoms. The molecule has 16 heavy (non-hydrogen) atoms. The Balaban J connectivity index is 2.26. The van der Waals surface area contributed by atoms with Crippen molar-refractivity contribution in [1.82, 2.24) is 9.55 Å². The van der Waals surface area contributed by atoms with Crippen LogP contribution in [0.2, 0.25) is 5.15 Å². The molecule has 0 bridgehead atoms. The predicted octanol–water partition coefficient (Wildman–Crippen LogP) is 2.28. The average Bonchev–Trinajstić information content (AvgIpc) is 2.62. The number of rotatable bonds is 3. The van der Waals surface area contributed by atoms with Crippen LogP contribution in [0.3, 0.4) is 0 Å². The van der Waals surface area contributed by atoms with Crippen LogP contribution in [0.5, 0.6) is 0 Å². The summed E-state index contributed by atoms with van der Waals surface area (Å²) in [4.78, 5) is 14.5. The number of benzene rings is 1. The van der Waals surface area contributed by atoms with E-state index < -0.39 is 5.97 Å². The summed E-state index contributed by atoms with van der Waals surface area (Å²) in [6.45, 7) is 0.514. The van der Waals surface area contributed by atoms with E-state index in [1.165, 1.54) is 6.33 Å². The minimum Gasteiger partial charge on any atom is -0.476 e. The Hall–Kier alpha value is -1.81. The number of carboxylic acids is 1. The van der Waals surface area contributed by atoms with Gasteiger partial charge in [0.1, 0.15) is 5.15 Å². The summed E-state index contributed by atoms with van der Waals surface area (Å²) < 4.78 is 1.60. The maximum atomic E-state index is 10.7. The summed E-state index contributed by atoms with van der Waals surface area (Å²) >= 11 is 5.89. The van der Waals surface area contributed by atoms with E-state index in [0.29, 0.717) is 6.54 Å². The van der Waals surface area contributed by atoms with E-state index >= 15 is 0 Å². The van der Waals surface area contributed by atoms with Gasteiger partial charge in [0.05, 0.1) is 6.33 Å². The van der Waals surface area contributed by atoms with Gasteiger partial charge in [0, 0.05) is 6.54 Å². The van der Waals surface area contributed by atoms with Crippen molar-refractivity contribution in [3.63, 3.8) is 0 Å². The molecule has 0 saturated heterocycles. The van der Waals surface area contributed by atoms with Crippen LogP contribution >= 0.6 is 11.6 Å². The number of aromatic nitrogens is 2. The molecule has 82 valence electrons. The van der Waals surface area contributed by atoms with Gasteiger partial charge in [-0.3, -0.25) is 0 Å². The van der Waals surface area contributed by atoms with Crippen LogP contribution in [-0.4, -0.2) is 20.6 Å². The van der Waals surface area contributed by atoms with Crippen LogP contribution in [0, 0.1) is 0 Å². The van der Waals surface area contributed by atoms with Crippen molar-refractivity contribution >= 4 is 17.6 Å². The lowest BCUT2D eigenvalue weighted by Gasteiger charge is -2.03. The minimum absolute atomic E-state index is 0.113. The summed E-state index contributed by atoms with van der Waals surface area (Å²) in [5, 5.41) is 8.93. The van der Waals surface area contributed by atoms with Gasteiger partial charge in [-0.25, -0.2) is 9.78 Å². The van der Waals surface area contributed by atoms with E-state index in [1.54, 1.807) is 4.57 Å². The summed E-state index contributed by atoms with van der Waals surface area (Å²) in [7, 11) is 0. The Kier molecular flexibility index (Phi) is 2.92. The number of carbonyl (C=O) groups is 1. The van der Waals surface area contributed by atoms with Crippen LogP contribution in [0.25, 0.3) is 0 Å². The van der Waals surface area contributed by atoms with Crippen LogP contribution in [0.15, 0.2) is 36.7 Å². The van der Waals surface area contributed by atoms with Gasteiger partial charge in [-0.1, -0.05) is 41.9 Å². The van der Waals surface area contributed by atoms with Gasteiger partial charge < -0.3 is 9.67 Å². The topological polar surface area (TPSA) is 55.1 Å². The maximum absolute atomic E-state index is 10.7. The van der Waals surface area contributed by atoms with E-state index in [4.69, 9.17) is 16.7 Å². The molecular formula is C11H9ClN2O2. The second-order valence-corrected chi connectivity index (χ2v) is 3.66. The first-order valence-electron chi connectivity index (χ1n) is 4.66. The third kappa shape index (κ3) is 2.06. The Morgan fingerprint density at radius 2 is 2.06 bits per heavy atom. The number of halogens is 1. The van der Waals surface area contributed by atoms with Gasteiger partial charge in [0.2, 0.25) is 0 Å². The summed E-state index contributed by atoms with van der Waals surface area (Å²) in [5.74, 6) is -1.11. The molecule has 1 aromatic carbocycles. The van der Waals surface area contributed by atoms with E-state index in [1.807, 2.05) is 30.3 Å². The fraction of sp³-hybridized carbons (Fsp3) is 0.0909. The molecule has 0 fully saturated rings. The predicted molar refractivity (Wildman–Crippen MR) is 59.7 cm³/mol. The minimum atomic E-state index is -1.11. The number of imidazole rings is 1. The van der Waals surface area contributed by atoms with Crippen molar-refractivity contribution in [1.29, 1.82) is 0 Å². The zero-order valence-electron chi connectivity index (χ0n) is 8.30. The zero-order valence-corrected chi connectivity index (χ0v) is 9.05. The van der Waals surface area contributed by atoms with Crippen molar-refractivity contribution in [3.8, 4) is 0 Å². The summed E-state index contributed by atoms with van der Waals surface area (Å²) in [6.07, 6.45) is 1.43. The third-order valence-corrected chi connectivity index (χ3v) is 2.57. The highest BCUT2D eigenvalue weighted by molar-refractivity contribution is 6.32. The highest BCUT2D eigenvalue weighted by Crippen LogP contribution is 2.16. The van der Waals surface area contributed by atoms with E-state index in [0.717, 1.165) is 5.56 Å². The number of hydrogen-bond acceptors (Lipinski definition) is 2. The molecule has 0 unspecified atom stereocenters. The molecule has 0 radical (unpaired) electrons. The van der Waals surface area contributed by atoms with Crippen LogP contribution < -0.4 is 0 Å². The first-order chi connectivity index (χ1) is 7.68. The summed E-state index contributed by atoms with van der Waals surface area (Å²) in [6, 6.07) is 9.63. The molecule has 0 saturated carbocycles. The second kappa shape index (κ2) is 4.37. The van der Waals surface area contributed by atoms with Crippen molar-refractivity contribution in [2.75, 3.05) is 0 Å². The Labute approximate surface area is 97.1 Å². The quantitative estimate of drug-likeness (QED) is 0.890. The first kappa shape index (κ1) is 10.7. The van der Waals surface area contributed by atoms with Gasteiger partial charge in [-0.15, -0.1) is 0 Å². The normalized spacial score (nSPS) is 10.3. The molecule has 2 rings (SSSR count). The third-order valence-electron chi connectivity index (χ3n) is 2.17. The largest absolute Gasteiger partial charge is 0.476 e. The standard InChI is InChI=1S/C11H9ClN2O2/c12-10-9(11(15)16)13-7-14(10)6-8-4-2-1-3-5-8/h1-5,7H,6H2,(H,15,16). The maximum Gasteiger partial charge on any atom is 0.357 e. The fourth-order valence-corrected chi connectivity index (χ4v) is 1.63. The van der Waals surface area contributed by atoms with Gasteiger partial charge in [-0.05, 0) is 5.56 Å². The van der Waals surface area contributed by atoms with Crippen molar-refractivity contribution in [2.45, 2.75) is 6.54 Å². The van der Waals surface area contributed by atoms with Crippen LogP contribution in [0.1, 0.15) is 16.1 Å². The summed E-state index contributed by atoms with van der Waals surface area (Å²) in [5.41, 5.74) is 0.927. The average molecular weight is 237 g/mol. The SMILES string of the molecule is O=C(O)c1ncn(Cc2ccccc2)c1Cl. The van der Waals surface area contributed by atoms with E-state index in [2.05, 4.69) is 4.98 Å². The monoisotopic (exact) mass is 236 g/mol. The van der Waals surface area contributed by atoms with Crippen molar-refractivity contribution < 1.29 is 9.90 Å². The highest BCUT2D eigenvalue weighted by atomic mass is 35.5. The van der Waals surface area contributed by atoms with E-state index in [9.17, 15) is 4.79 Å². The lowest BCUT2D eigenvalue weighted by atomic mass is 10.2. The molecule has 1 N–H and O–H groups in total. The number of aromatic carboxylic acids is 1. The molecule has 0 spiro atoms. The number of hydrogen-bond donors (Lipinski definition) is 1. The van der Waals surface area contributed by atoms with Crippen molar-refractivity contribution in [3.05, 3.63) is 53.1 Å². The van der Waals surface area contributed by atoms with Gasteiger partial charge in [0.25, 0.3) is 0 Å². The Morgan fingerprint density at radius 3 is 2.62 bits per heavy atom. The van der Waals surface area contributed by atoms with E-state index in [-0.39, 0.29) is 10.8 Å². The van der Waals surface area contributed by atoms with Crippen LogP contribution in [-0.2, 0) is 6.54 Å². The molecule has 0 atom stereocenters. The van der Waals surface area contributed by atoms with Gasteiger partial charge in [-0.2, -0.15) is 0 Å². The highest BCUT2D eigenvalue weighted by Gasteiger charge is 2.14. The molecule has 0 aliphatic carbocycles. The lowest BCUT2D eigenvalue weighted by Crippen LogP contribution is -2.01. The molecule has 0 aliphatic heterocycles.